The molecule has 0 saturated carbocycles. The van der Waals surface area contributed by atoms with Gasteiger partial charge in [0.1, 0.15) is 0 Å². The van der Waals surface area contributed by atoms with Crippen LogP contribution >= 0.6 is 0 Å². The van der Waals surface area contributed by atoms with Gasteiger partial charge >= 0.3 is 0 Å². The normalized spacial score (nSPS) is 27.8. The monoisotopic (exact) mass is 278 g/mol. The minimum Gasteiger partial charge on any atom is -0.330 e. The first-order valence-electron chi connectivity index (χ1n) is 8.28. The van der Waals surface area contributed by atoms with Crippen LogP contribution in [0.4, 0.5) is 0 Å². The number of nitrogens with zero attached hydrogens (tertiary/aromatic N) is 1. The maximum absolute atomic E-state index is 2.50. The molecule has 1 nitrogen and oxygen atoms in total. The molecule has 2 atom stereocenters. The molecule has 0 radical (unpaired) electrons. The van der Waals surface area contributed by atoms with Crippen molar-refractivity contribution in [2.75, 3.05) is 27.7 Å². The van der Waals surface area contributed by atoms with Crippen LogP contribution in [0.15, 0.2) is 22.8 Å². The van der Waals surface area contributed by atoms with Crippen LogP contribution in [0.5, 0.6) is 0 Å². The van der Waals surface area contributed by atoms with Crippen molar-refractivity contribution in [2.24, 2.45) is 11.3 Å². The molecule has 116 valence electrons. The molecule has 0 aromatic rings. The lowest BCUT2D eigenvalue weighted by atomic mass is 9.62. The third-order valence-electron chi connectivity index (χ3n) is 5.11. The number of hydrogen-bond donors (Lipinski definition) is 0. The molecular formula is C19H36N+. The van der Waals surface area contributed by atoms with Crippen molar-refractivity contribution < 1.29 is 4.48 Å². The minimum atomic E-state index is 0.314. The Morgan fingerprint density at radius 2 is 1.70 bits per heavy atom. The first-order chi connectivity index (χ1) is 9.12. The number of unbranched alkanes of at least 4 members (excludes halogenated alkanes) is 2. The van der Waals surface area contributed by atoms with Gasteiger partial charge in [-0.1, -0.05) is 49.0 Å². The number of allylic oxidation sites excluding steroid dienone is 3. The molecule has 0 aromatic heterocycles. The summed E-state index contributed by atoms with van der Waals surface area (Å²) in [6.07, 6.45) is 7.83. The molecule has 0 aliphatic heterocycles. The van der Waals surface area contributed by atoms with E-state index in [1.54, 1.807) is 11.1 Å². The van der Waals surface area contributed by atoms with Crippen molar-refractivity contribution in [1.82, 2.24) is 0 Å². The van der Waals surface area contributed by atoms with Crippen LogP contribution in [-0.2, 0) is 0 Å². The second-order valence-electron chi connectivity index (χ2n) is 8.11. The molecule has 1 aliphatic rings. The van der Waals surface area contributed by atoms with Gasteiger partial charge in [-0.25, -0.2) is 0 Å². The highest BCUT2D eigenvalue weighted by molar-refractivity contribution is 5.37. The average molecular weight is 279 g/mol. The van der Waals surface area contributed by atoms with Crippen LogP contribution in [0.25, 0.3) is 0 Å². The third kappa shape index (κ3) is 3.97. The van der Waals surface area contributed by atoms with Gasteiger partial charge in [0, 0.05) is 5.41 Å². The lowest BCUT2D eigenvalue weighted by Gasteiger charge is -2.46. The summed E-state index contributed by atoms with van der Waals surface area (Å²) in [6.45, 7) is 13.0. The maximum atomic E-state index is 2.50. The Balaban J connectivity index is 3.07. The first-order valence-corrected chi connectivity index (χ1v) is 8.28. The van der Waals surface area contributed by atoms with E-state index in [1.807, 2.05) is 0 Å². The fraction of sp³-hybridized carbons (Fsp3) is 0.789. The molecule has 0 amide bonds. The van der Waals surface area contributed by atoms with Gasteiger partial charge < -0.3 is 4.48 Å². The molecule has 0 spiro atoms. The minimum absolute atomic E-state index is 0.314. The Bertz CT molecular complexity index is 394. The lowest BCUT2D eigenvalue weighted by Crippen LogP contribution is -2.49. The molecule has 1 rings (SSSR count). The van der Waals surface area contributed by atoms with E-state index < -0.39 is 0 Å². The van der Waals surface area contributed by atoms with Gasteiger partial charge in [0.05, 0.1) is 27.7 Å². The SMILES string of the molecule is CCCCC[C@H]1C(C)=CC(C)=C(C)[C@]1(C)C[N+](C)(C)C. The van der Waals surface area contributed by atoms with Gasteiger partial charge in [-0.15, -0.1) is 0 Å². The van der Waals surface area contributed by atoms with Crippen LogP contribution in [0, 0.1) is 11.3 Å². The molecule has 0 aromatic carbocycles. The lowest BCUT2D eigenvalue weighted by molar-refractivity contribution is -0.876. The smallest absolute Gasteiger partial charge is 0.0878 e. The molecule has 0 unspecified atom stereocenters. The Kier molecular flexibility index (Phi) is 5.66. The van der Waals surface area contributed by atoms with E-state index in [4.69, 9.17) is 0 Å². The predicted molar refractivity (Wildman–Crippen MR) is 90.8 cm³/mol. The zero-order chi connectivity index (χ0) is 15.6. The van der Waals surface area contributed by atoms with Crippen molar-refractivity contribution in [2.45, 2.75) is 60.3 Å². The summed E-state index contributed by atoms with van der Waals surface area (Å²) in [4.78, 5) is 0. The van der Waals surface area contributed by atoms with Crippen LogP contribution in [0.1, 0.15) is 60.3 Å². The highest BCUT2D eigenvalue weighted by atomic mass is 15.3. The molecular weight excluding hydrogens is 242 g/mol. The van der Waals surface area contributed by atoms with Crippen molar-refractivity contribution >= 4 is 0 Å². The Labute approximate surface area is 127 Å². The van der Waals surface area contributed by atoms with E-state index in [9.17, 15) is 0 Å². The molecule has 0 fully saturated rings. The topological polar surface area (TPSA) is 0 Å². The van der Waals surface area contributed by atoms with Crippen molar-refractivity contribution in [3.63, 3.8) is 0 Å². The van der Waals surface area contributed by atoms with Crippen LogP contribution in [0.3, 0.4) is 0 Å². The molecule has 0 N–H and O–H groups in total. The van der Waals surface area contributed by atoms with Gasteiger partial charge in [0.25, 0.3) is 0 Å². The summed E-state index contributed by atoms with van der Waals surface area (Å²) < 4.78 is 1.04. The molecule has 20 heavy (non-hydrogen) atoms. The van der Waals surface area contributed by atoms with E-state index in [2.05, 4.69) is 61.8 Å². The molecule has 0 heterocycles. The summed E-state index contributed by atoms with van der Waals surface area (Å²) in [7, 11) is 6.97. The Hall–Kier alpha value is -0.560. The quantitative estimate of drug-likeness (QED) is 0.463. The number of quaternary nitrogens is 1. The van der Waals surface area contributed by atoms with E-state index in [1.165, 1.54) is 37.8 Å². The van der Waals surface area contributed by atoms with Crippen LogP contribution < -0.4 is 0 Å². The van der Waals surface area contributed by atoms with Gasteiger partial charge in [0.2, 0.25) is 0 Å². The zero-order valence-corrected chi connectivity index (χ0v) is 15.1. The Morgan fingerprint density at radius 1 is 1.10 bits per heavy atom. The molecule has 0 saturated heterocycles. The highest BCUT2D eigenvalue weighted by Gasteiger charge is 2.43. The molecule has 1 aliphatic carbocycles. The van der Waals surface area contributed by atoms with Crippen molar-refractivity contribution in [3.05, 3.63) is 22.8 Å². The van der Waals surface area contributed by atoms with Gasteiger partial charge in [0.15, 0.2) is 0 Å². The van der Waals surface area contributed by atoms with Crippen molar-refractivity contribution in [3.8, 4) is 0 Å². The van der Waals surface area contributed by atoms with Crippen LogP contribution in [-0.4, -0.2) is 32.2 Å². The first kappa shape index (κ1) is 17.5. The third-order valence-corrected chi connectivity index (χ3v) is 5.11. The van der Waals surface area contributed by atoms with Gasteiger partial charge in [-0.05, 0) is 40.0 Å². The summed E-state index contributed by atoms with van der Waals surface area (Å²) in [5.41, 5.74) is 5.01. The zero-order valence-electron chi connectivity index (χ0n) is 15.1. The van der Waals surface area contributed by atoms with Gasteiger partial charge in [-0.2, -0.15) is 0 Å². The number of hydrogen-bond acceptors (Lipinski definition) is 0. The van der Waals surface area contributed by atoms with E-state index >= 15 is 0 Å². The molecule has 1 heteroatoms. The average Bonchev–Trinajstić information content (AvgIpc) is 2.29. The Morgan fingerprint density at radius 3 is 2.20 bits per heavy atom. The predicted octanol–water partition coefficient (Wildman–Crippen LogP) is 5.19. The van der Waals surface area contributed by atoms with E-state index in [0.29, 0.717) is 5.41 Å². The summed E-state index contributed by atoms with van der Waals surface area (Å²) in [5.74, 6) is 0.718. The summed E-state index contributed by atoms with van der Waals surface area (Å²) in [6, 6.07) is 0. The van der Waals surface area contributed by atoms with Crippen molar-refractivity contribution in [1.29, 1.82) is 0 Å². The van der Waals surface area contributed by atoms with Crippen LogP contribution in [0.2, 0.25) is 0 Å². The fourth-order valence-electron chi connectivity index (χ4n) is 4.12. The number of rotatable bonds is 6. The standard InChI is InChI=1S/C19H36N/c1-9-10-11-12-18-16(3)13-15(2)17(4)19(18,5)14-20(6,7)8/h13,18H,9-12,14H2,1-8H3/q+1/t18-,19-/m0/s1. The molecule has 0 bridgehead atoms. The van der Waals surface area contributed by atoms with Gasteiger partial charge in [-0.3, -0.25) is 0 Å². The second-order valence-corrected chi connectivity index (χ2v) is 8.11. The maximum Gasteiger partial charge on any atom is 0.0878 e. The fourth-order valence-corrected chi connectivity index (χ4v) is 4.12. The summed E-state index contributed by atoms with van der Waals surface area (Å²) >= 11 is 0. The largest absolute Gasteiger partial charge is 0.330 e. The van der Waals surface area contributed by atoms with E-state index in [0.717, 1.165) is 10.4 Å². The second kappa shape index (κ2) is 6.47. The van der Waals surface area contributed by atoms with E-state index in [-0.39, 0.29) is 0 Å². The highest BCUT2D eigenvalue weighted by Crippen LogP contribution is 2.47. The summed E-state index contributed by atoms with van der Waals surface area (Å²) in [5, 5.41) is 0.